The Labute approximate surface area is 138 Å². The van der Waals surface area contributed by atoms with Crippen molar-refractivity contribution in [3.63, 3.8) is 0 Å². The maximum absolute atomic E-state index is 12.4. The molecule has 2 fully saturated rings. The molecule has 2 aliphatic rings. The van der Waals surface area contributed by atoms with Gasteiger partial charge in [0.25, 0.3) is 5.56 Å². The summed E-state index contributed by atoms with van der Waals surface area (Å²) in [5, 5.41) is 6.51. The van der Waals surface area contributed by atoms with Crippen LogP contribution in [-0.2, 0) is 11.3 Å². The van der Waals surface area contributed by atoms with E-state index in [4.69, 9.17) is 0 Å². The predicted octanol–water partition coefficient (Wildman–Crippen LogP) is 2.37. The number of amides is 1. The molecule has 2 aromatic heterocycles. The molecule has 120 valence electrons. The van der Waals surface area contributed by atoms with Gasteiger partial charge in [0.05, 0.1) is 17.5 Å². The van der Waals surface area contributed by atoms with Gasteiger partial charge < -0.3 is 4.90 Å². The van der Waals surface area contributed by atoms with Crippen LogP contribution in [-0.4, -0.2) is 33.2 Å². The third-order valence-electron chi connectivity index (χ3n) is 4.61. The van der Waals surface area contributed by atoms with E-state index in [-0.39, 0.29) is 23.4 Å². The van der Waals surface area contributed by atoms with Crippen molar-refractivity contribution < 1.29 is 4.79 Å². The molecule has 23 heavy (non-hydrogen) atoms. The summed E-state index contributed by atoms with van der Waals surface area (Å²) < 4.78 is 1.53. The molecule has 1 aliphatic carbocycles. The molecule has 5 nitrogen and oxygen atoms in total. The minimum absolute atomic E-state index is 0.101. The Kier molecular flexibility index (Phi) is 3.77. The molecule has 4 rings (SSSR count). The molecule has 2 aromatic rings. The minimum Gasteiger partial charge on any atom is -0.338 e. The van der Waals surface area contributed by atoms with Gasteiger partial charge in [-0.2, -0.15) is 5.10 Å². The van der Waals surface area contributed by atoms with Crippen molar-refractivity contribution in [2.45, 2.75) is 38.3 Å². The lowest BCUT2D eigenvalue weighted by atomic mass is 10.2. The lowest BCUT2D eigenvalue weighted by Gasteiger charge is -2.25. The van der Waals surface area contributed by atoms with Crippen LogP contribution >= 0.6 is 11.3 Å². The van der Waals surface area contributed by atoms with Crippen LogP contribution < -0.4 is 5.56 Å². The average Bonchev–Trinajstić information content (AvgIpc) is 3.07. The van der Waals surface area contributed by atoms with Gasteiger partial charge in [0.1, 0.15) is 5.69 Å². The van der Waals surface area contributed by atoms with Crippen molar-refractivity contribution in [2.24, 2.45) is 5.92 Å². The fourth-order valence-corrected chi connectivity index (χ4v) is 3.91. The van der Waals surface area contributed by atoms with Crippen molar-refractivity contribution in [1.82, 2.24) is 14.7 Å². The Hall–Kier alpha value is -1.95. The largest absolute Gasteiger partial charge is 0.338 e. The molecule has 0 N–H and O–H groups in total. The normalized spacial score (nSPS) is 20.9. The summed E-state index contributed by atoms with van der Waals surface area (Å²) in [7, 11) is 0. The number of thiophene rings is 1. The first kappa shape index (κ1) is 14.6. The molecule has 1 atom stereocenters. The van der Waals surface area contributed by atoms with Gasteiger partial charge in [0.15, 0.2) is 0 Å². The van der Waals surface area contributed by atoms with Gasteiger partial charge >= 0.3 is 0 Å². The summed E-state index contributed by atoms with van der Waals surface area (Å²) in [5.41, 5.74) is 0.716. The Bertz CT molecular complexity index is 764. The standard InChI is InChI=1S/C17H19N3O2S/c21-16-8-7-14(15-4-2-10-23-15)18-20(16)11-13-3-1-9-19(13)17(22)12-5-6-12/h2,4,7-8,10,12-13H,1,3,5-6,9,11H2/t13-/m0/s1. The van der Waals surface area contributed by atoms with Crippen LogP contribution in [0, 0.1) is 5.92 Å². The van der Waals surface area contributed by atoms with Crippen molar-refractivity contribution in [3.8, 4) is 10.6 Å². The molecular formula is C17H19N3O2S. The Balaban J connectivity index is 1.57. The van der Waals surface area contributed by atoms with Crippen molar-refractivity contribution in [1.29, 1.82) is 0 Å². The molecule has 1 saturated carbocycles. The fourth-order valence-electron chi connectivity index (χ4n) is 3.22. The molecule has 0 unspecified atom stereocenters. The lowest BCUT2D eigenvalue weighted by Crippen LogP contribution is -2.41. The summed E-state index contributed by atoms with van der Waals surface area (Å²) in [5.74, 6) is 0.507. The van der Waals surface area contributed by atoms with E-state index in [9.17, 15) is 9.59 Å². The number of nitrogens with zero attached hydrogens (tertiary/aromatic N) is 3. The molecule has 1 amide bonds. The zero-order chi connectivity index (χ0) is 15.8. The van der Waals surface area contributed by atoms with Gasteiger partial charge in [-0.25, -0.2) is 4.68 Å². The lowest BCUT2D eigenvalue weighted by molar-refractivity contribution is -0.133. The third-order valence-corrected chi connectivity index (χ3v) is 5.50. The maximum Gasteiger partial charge on any atom is 0.266 e. The first-order valence-electron chi connectivity index (χ1n) is 8.15. The summed E-state index contributed by atoms with van der Waals surface area (Å²) in [6, 6.07) is 7.42. The molecule has 6 heteroatoms. The van der Waals surface area contributed by atoms with E-state index >= 15 is 0 Å². The highest BCUT2D eigenvalue weighted by molar-refractivity contribution is 7.13. The molecular weight excluding hydrogens is 310 g/mol. The molecule has 1 aliphatic heterocycles. The van der Waals surface area contributed by atoms with Gasteiger partial charge in [-0.15, -0.1) is 11.3 Å². The number of aromatic nitrogens is 2. The highest BCUT2D eigenvalue weighted by atomic mass is 32.1. The molecule has 0 spiro atoms. The van der Waals surface area contributed by atoms with Crippen LogP contribution in [0.1, 0.15) is 25.7 Å². The molecule has 0 bridgehead atoms. The highest BCUT2D eigenvalue weighted by Crippen LogP contribution is 2.33. The molecule has 0 radical (unpaired) electrons. The number of hydrogen-bond donors (Lipinski definition) is 0. The van der Waals surface area contributed by atoms with Gasteiger partial charge in [-0.3, -0.25) is 9.59 Å². The summed E-state index contributed by atoms with van der Waals surface area (Å²) in [4.78, 5) is 27.5. The van der Waals surface area contributed by atoms with Gasteiger partial charge in [-0.05, 0) is 43.2 Å². The average molecular weight is 329 g/mol. The zero-order valence-electron chi connectivity index (χ0n) is 12.9. The van der Waals surface area contributed by atoms with Crippen LogP contribution in [0.15, 0.2) is 34.4 Å². The third kappa shape index (κ3) is 2.95. The van der Waals surface area contributed by atoms with E-state index in [0.717, 1.165) is 42.8 Å². The van der Waals surface area contributed by atoms with Gasteiger partial charge in [0, 0.05) is 18.5 Å². The molecule has 1 saturated heterocycles. The SMILES string of the molecule is O=C(C1CC1)N1CCC[C@H]1Cn1nc(-c2cccs2)ccc1=O. The van der Waals surface area contributed by atoms with E-state index < -0.39 is 0 Å². The van der Waals surface area contributed by atoms with E-state index in [2.05, 4.69) is 5.10 Å². The Morgan fingerprint density at radius 2 is 2.13 bits per heavy atom. The summed E-state index contributed by atoms with van der Waals surface area (Å²) >= 11 is 1.61. The van der Waals surface area contributed by atoms with E-state index in [1.54, 1.807) is 23.5 Å². The molecule has 3 heterocycles. The summed E-state index contributed by atoms with van der Waals surface area (Å²) in [6.07, 6.45) is 4.01. The minimum atomic E-state index is -0.101. The van der Waals surface area contributed by atoms with E-state index in [1.807, 2.05) is 22.4 Å². The van der Waals surface area contributed by atoms with Crippen LogP contribution in [0.25, 0.3) is 10.6 Å². The van der Waals surface area contributed by atoms with Crippen molar-refractivity contribution >= 4 is 17.2 Å². The monoisotopic (exact) mass is 329 g/mol. The number of rotatable bonds is 4. The number of carbonyl (C=O) groups excluding carboxylic acids is 1. The second kappa shape index (κ2) is 5.92. The number of likely N-dealkylation sites (tertiary alicyclic amines) is 1. The van der Waals surface area contributed by atoms with E-state index in [1.165, 1.54) is 4.68 Å². The topological polar surface area (TPSA) is 55.2 Å². The van der Waals surface area contributed by atoms with Gasteiger partial charge in [0.2, 0.25) is 5.91 Å². The first-order valence-corrected chi connectivity index (χ1v) is 9.03. The number of carbonyl (C=O) groups is 1. The Morgan fingerprint density at radius 1 is 1.26 bits per heavy atom. The smallest absolute Gasteiger partial charge is 0.266 e. The van der Waals surface area contributed by atoms with Crippen LogP contribution in [0.5, 0.6) is 0 Å². The van der Waals surface area contributed by atoms with Crippen molar-refractivity contribution in [3.05, 3.63) is 40.0 Å². The first-order chi connectivity index (χ1) is 11.2. The molecule has 0 aromatic carbocycles. The fraction of sp³-hybridized carbons (Fsp3) is 0.471. The van der Waals surface area contributed by atoms with Crippen LogP contribution in [0.4, 0.5) is 0 Å². The zero-order valence-corrected chi connectivity index (χ0v) is 13.7. The highest BCUT2D eigenvalue weighted by Gasteiger charge is 2.38. The number of hydrogen-bond acceptors (Lipinski definition) is 4. The second-order valence-electron chi connectivity index (χ2n) is 6.32. The quantitative estimate of drug-likeness (QED) is 0.865. The van der Waals surface area contributed by atoms with E-state index in [0.29, 0.717) is 6.54 Å². The maximum atomic E-state index is 12.4. The van der Waals surface area contributed by atoms with Gasteiger partial charge in [-0.1, -0.05) is 6.07 Å². The second-order valence-corrected chi connectivity index (χ2v) is 7.27. The predicted molar refractivity (Wildman–Crippen MR) is 89.3 cm³/mol. The Morgan fingerprint density at radius 3 is 2.87 bits per heavy atom. The van der Waals surface area contributed by atoms with Crippen LogP contribution in [0.3, 0.4) is 0 Å². The summed E-state index contributed by atoms with van der Waals surface area (Å²) in [6.45, 7) is 1.32. The van der Waals surface area contributed by atoms with Crippen LogP contribution in [0.2, 0.25) is 0 Å². The van der Waals surface area contributed by atoms with Crippen molar-refractivity contribution in [2.75, 3.05) is 6.54 Å².